The van der Waals surface area contributed by atoms with Crippen LogP contribution in [0.3, 0.4) is 0 Å². The number of carbonyl (C=O) groups is 1. The highest BCUT2D eigenvalue weighted by molar-refractivity contribution is 5.87. The lowest BCUT2D eigenvalue weighted by Gasteiger charge is -2.09. The highest BCUT2D eigenvalue weighted by Gasteiger charge is 2.20. The van der Waals surface area contributed by atoms with Crippen molar-refractivity contribution in [2.24, 2.45) is 5.92 Å². The van der Waals surface area contributed by atoms with Crippen molar-refractivity contribution < 1.29 is 14.6 Å². The van der Waals surface area contributed by atoms with Crippen molar-refractivity contribution in [1.82, 2.24) is 0 Å². The van der Waals surface area contributed by atoms with E-state index in [4.69, 9.17) is 9.84 Å². The highest BCUT2D eigenvalue weighted by Crippen LogP contribution is 2.29. The summed E-state index contributed by atoms with van der Waals surface area (Å²) in [6, 6.07) is 15.1. The van der Waals surface area contributed by atoms with Gasteiger partial charge in [0.1, 0.15) is 0 Å². The number of carboxylic acid groups (broad SMARTS) is 1. The van der Waals surface area contributed by atoms with Crippen LogP contribution in [-0.2, 0) is 17.9 Å². The quantitative estimate of drug-likeness (QED) is 0.775. The molecule has 0 unspecified atom stereocenters. The summed E-state index contributed by atoms with van der Waals surface area (Å²) < 4.78 is 5.71. The van der Waals surface area contributed by atoms with Gasteiger partial charge in [-0.05, 0) is 54.2 Å². The molecule has 2 N–H and O–H groups in total. The van der Waals surface area contributed by atoms with Gasteiger partial charge in [-0.3, -0.25) is 0 Å². The van der Waals surface area contributed by atoms with Crippen LogP contribution in [0.4, 0.5) is 5.69 Å². The van der Waals surface area contributed by atoms with Crippen LogP contribution in [0.15, 0.2) is 48.5 Å². The Hall–Kier alpha value is -2.33. The highest BCUT2D eigenvalue weighted by atomic mass is 16.5. The van der Waals surface area contributed by atoms with E-state index in [9.17, 15) is 4.79 Å². The summed E-state index contributed by atoms with van der Waals surface area (Å²) in [7, 11) is 0. The van der Waals surface area contributed by atoms with E-state index < -0.39 is 5.97 Å². The van der Waals surface area contributed by atoms with E-state index in [1.54, 1.807) is 12.1 Å². The summed E-state index contributed by atoms with van der Waals surface area (Å²) in [5, 5.41) is 12.3. The van der Waals surface area contributed by atoms with Crippen molar-refractivity contribution in [2.75, 3.05) is 11.9 Å². The molecule has 0 saturated heterocycles. The number of hydrogen-bond donors (Lipinski definition) is 2. The van der Waals surface area contributed by atoms with Gasteiger partial charge in [-0.25, -0.2) is 4.79 Å². The van der Waals surface area contributed by atoms with Gasteiger partial charge < -0.3 is 15.2 Å². The second-order valence-corrected chi connectivity index (χ2v) is 6.01. The van der Waals surface area contributed by atoms with Gasteiger partial charge in [-0.2, -0.15) is 0 Å². The molecule has 120 valence electrons. The lowest BCUT2D eigenvalue weighted by molar-refractivity contribution is 0.0697. The first-order valence-corrected chi connectivity index (χ1v) is 7.93. The van der Waals surface area contributed by atoms with Crippen molar-refractivity contribution in [3.63, 3.8) is 0 Å². The molecule has 1 aliphatic carbocycles. The Morgan fingerprint density at radius 1 is 1.13 bits per heavy atom. The van der Waals surface area contributed by atoms with Crippen LogP contribution in [0, 0.1) is 5.92 Å². The van der Waals surface area contributed by atoms with E-state index in [0.717, 1.165) is 29.3 Å². The van der Waals surface area contributed by atoms with Crippen LogP contribution in [-0.4, -0.2) is 17.7 Å². The molecule has 2 aromatic carbocycles. The van der Waals surface area contributed by atoms with Crippen molar-refractivity contribution in [3.8, 4) is 0 Å². The SMILES string of the molecule is O=C(O)c1ccc(CNc2cccc(COCC3CC3)c2)cc1. The zero-order valence-corrected chi connectivity index (χ0v) is 13.0. The number of carboxylic acids is 1. The third-order valence-corrected chi connectivity index (χ3v) is 3.94. The molecule has 23 heavy (non-hydrogen) atoms. The summed E-state index contributed by atoms with van der Waals surface area (Å²) in [6.07, 6.45) is 2.62. The molecule has 3 rings (SSSR count). The van der Waals surface area contributed by atoms with E-state index in [-0.39, 0.29) is 0 Å². The van der Waals surface area contributed by atoms with Gasteiger partial charge in [-0.15, -0.1) is 0 Å². The Morgan fingerprint density at radius 3 is 2.61 bits per heavy atom. The number of ether oxygens (including phenoxy) is 1. The number of nitrogens with one attached hydrogen (secondary N) is 1. The van der Waals surface area contributed by atoms with Crippen molar-refractivity contribution in [1.29, 1.82) is 0 Å². The maximum atomic E-state index is 10.8. The molecular formula is C19H21NO3. The molecule has 0 spiro atoms. The molecule has 0 heterocycles. The second-order valence-electron chi connectivity index (χ2n) is 6.01. The topological polar surface area (TPSA) is 58.6 Å². The minimum Gasteiger partial charge on any atom is -0.478 e. The van der Waals surface area contributed by atoms with Crippen LogP contribution in [0.2, 0.25) is 0 Å². The minimum absolute atomic E-state index is 0.309. The smallest absolute Gasteiger partial charge is 0.335 e. The maximum absolute atomic E-state index is 10.8. The zero-order valence-electron chi connectivity index (χ0n) is 13.0. The third-order valence-electron chi connectivity index (χ3n) is 3.94. The van der Waals surface area contributed by atoms with Gasteiger partial charge in [0, 0.05) is 18.8 Å². The zero-order chi connectivity index (χ0) is 16.1. The van der Waals surface area contributed by atoms with Crippen LogP contribution >= 0.6 is 0 Å². The van der Waals surface area contributed by atoms with Crippen molar-refractivity contribution >= 4 is 11.7 Å². The molecule has 0 atom stereocenters. The Balaban J connectivity index is 1.51. The number of benzene rings is 2. The Bertz CT molecular complexity index is 663. The van der Waals surface area contributed by atoms with Crippen LogP contribution in [0.25, 0.3) is 0 Å². The van der Waals surface area contributed by atoms with Crippen LogP contribution in [0.1, 0.15) is 34.3 Å². The monoisotopic (exact) mass is 311 g/mol. The Morgan fingerprint density at radius 2 is 1.91 bits per heavy atom. The predicted octanol–water partition coefficient (Wildman–Crippen LogP) is 3.92. The van der Waals surface area contributed by atoms with Gasteiger partial charge in [0.05, 0.1) is 12.2 Å². The number of anilines is 1. The van der Waals surface area contributed by atoms with Crippen LogP contribution < -0.4 is 5.32 Å². The molecule has 1 saturated carbocycles. The summed E-state index contributed by atoms with van der Waals surface area (Å²) in [4.78, 5) is 10.8. The molecule has 1 aliphatic rings. The van der Waals surface area contributed by atoms with E-state index in [1.165, 1.54) is 12.8 Å². The summed E-state index contributed by atoms with van der Waals surface area (Å²) in [5.41, 5.74) is 3.56. The second kappa shape index (κ2) is 7.29. The van der Waals surface area contributed by atoms with Gasteiger partial charge in [-0.1, -0.05) is 24.3 Å². The molecule has 1 fully saturated rings. The molecule has 0 radical (unpaired) electrons. The maximum Gasteiger partial charge on any atom is 0.335 e. The third kappa shape index (κ3) is 4.83. The largest absolute Gasteiger partial charge is 0.478 e. The summed E-state index contributed by atoms with van der Waals surface area (Å²) in [6.45, 7) is 2.18. The lowest BCUT2D eigenvalue weighted by Crippen LogP contribution is -2.02. The Labute approximate surface area is 136 Å². The summed E-state index contributed by atoms with van der Waals surface area (Å²) in [5.74, 6) is -0.117. The molecular weight excluding hydrogens is 290 g/mol. The Kier molecular flexibility index (Phi) is 4.93. The normalized spacial score (nSPS) is 13.7. The fourth-order valence-electron chi connectivity index (χ4n) is 2.37. The number of hydrogen-bond acceptors (Lipinski definition) is 3. The fraction of sp³-hybridized carbons (Fsp3) is 0.316. The molecule has 0 bridgehead atoms. The lowest BCUT2D eigenvalue weighted by atomic mass is 10.1. The van der Waals surface area contributed by atoms with Crippen LogP contribution in [0.5, 0.6) is 0 Å². The van der Waals surface area contributed by atoms with Crippen molar-refractivity contribution in [3.05, 3.63) is 65.2 Å². The first-order valence-electron chi connectivity index (χ1n) is 7.93. The van der Waals surface area contributed by atoms with E-state index >= 15 is 0 Å². The number of rotatable bonds is 8. The average Bonchev–Trinajstić information content (AvgIpc) is 3.38. The molecule has 4 heteroatoms. The van der Waals surface area contributed by atoms with Crippen molar-refractivity contribution in [2.45, 2.75) is 26.0 Å². The fourth-order valence-corrected chi connectivity index (χ4v) is 2.37. The molecule has 2 aromatic rings. The van der Waals surface area contributed by atoms with Gasteiger partial charge >= 0.3 is 5.97 Å². The molecule has 0 amide bonds. The first-order chi connectivity index (χ1) is 11.2. The summed E-state index contributed by atoms with van der Waals surface area (Å²) >= 11 is 0. The molecule has 0 aromatic heterocycles. The van der Waals surface area contributed by atoms with E-state index in [2.05, 4.69) is 17.4 Å². The van der Waals surface area contributed by atoms with Gasteiger partial charge in [0.25, 0.3) is 0 Å². The standard InChI is InChI=1S/C19H21NO3/c21-19(22)17-8-6-14(7-9-17)11-20-18-3-1-2-16(10-18)13-23-12-15-4-5-15/h1-3,6-10,15,20H,4-5,11-13H2,(H,21,22). The van der Waals surface area contributed by atoms with E-state index in [0.29, 0.717) is 18.7 Å². The van der Waals surface area contributed by atoms with Gasteiger partial charge in [0.2, 0.25) is 0 Å². The van der Waals surface area contributed by atoms with Gasteiger partial charge in [0.15, 0.2) is 0 Å². The average molecular weight is 311 g/mol. The van der Waals surface area contributed by atoms with E-state index in [1.807, 2.05) is 24.3 Å². The predicted molar refractivity (Wildman–Crippen MR) is 89.6 cm³/mol. The molecule has 4 nitrogen and oxygen atoms in total. The first kappa shape index (κ1) is 15.6. The number of aromatic carboxylic acids is 1. The minimum atomic E-state index is -0.900. The molecule has 0 aliphatic heterocycles.